The molecule has 0 radical (unpaired) electrons. The van der Waals surface area contributed by atoms with Crippen molar-refractivity contribution in [3.8, 4) is 0 Å². The van der Waals surface area contributed by atoms with Crippen LogP contribution in [-0.2, 0) is 0 Å². The Kier molecular flexibility index (Phi) is 2.07. The second-order valence-electron chi connectivity index (χ2n) is 2.86. The monoisotopic (exact) mass is 204 g/mol. The normalized spacial score (nSPS) is 19.4. The molecule has 0 N–H and O–H groups in total. The van der Waals surface area contributed by atoms with E-state index in [1.807, 2.05) is 0 Å². The molecule has 0 bridgehead atoms. The Morgan fingerprint density at radius 2 is 1.67 bits per heavy atom. The molecule has 0 fully saturated rings. The van der Waals surface area contributed by atoms with Crippen LogP contribution >= 0.6 is 10.0 Å². The Balaban J connectivity index is 2.64. The van der Waals surface area contributed by atoms with Crippen molar-refractivity contribution in [2.75, 3.05) is 0 Å². The van der Waals surface area contributed by atoms with Crippen molar-refractivity contribution in [1.29, 1.82) is 0 Å². The molecule has 0 aliphatic heterocycles. The molecule has 0 aromatic carbocycles. The average Bonchev–Trinajstić information content (AvgIpc) is 2.08. The van der Waals surface area contributed by atoms with Gasteiger partial charge in [-0.15, -0.1) is 0 Å². The van der Waals surface area contributed by atoms with Crippen molar-refractivity contribution in [3.63, 3.8) is 0 Å². The predicted octanol–water partition coefficient (Wildman–Crippen LogP) is 2.93. The molecule has 0 nitrogen and oxygen atoms in total. The van der Waals surface area contributed by atoms with Crippen molar-refractivity contribution in [2.45, 2.75) is 16.3 Å². The van der Waals surface area contributed by atoms with Gasteiger partial charge in [0.2, 0.25) is 0 Å². The van der Waals surface area contributed by atoms with Crippen LogP contribution in [-0.4, -0.2) is 12.3 Å². The standard InChI is InChI=1S/C7H11ClGe/c1-9(2,8)7-5-3-4-6-7/h3-7H,1-2H3. The van der Waals surface area contributed by atoms with E-state index in [0.717, 1.165) is 0 Å². The van der Waals surface area contributed by atoms with Crippen LogP contribution in [0.2, 0.25) is 16.3 Å². The molecule has 0 aromatic heterocycles. The molecule has 0 heterocycles. The van der Waals surface area contributed by atoms with E-state index in [4.69, 9.17) is 10.0 Å². The van der Waals surface area contributed by atoms with Crippen molar-refractivity contribution in [2.24, 2.45) is 0 Å². The zero-order valence-electron chi connectivity index (χ0n) is 5.76. The molecule has 0 saturated heterocycles. The first-order chi connectivity index (χ1) is 4.11. The van der Waals surface area contributed by atoms with Crippen molar-refractivity contribution >= 4 is 22.3 Å². The van der Waals surface area contributed by atoms with Gasteiger partial charge < -0.3 is 0 Å². The first-order valence-corrected chi connectivity index (χ1v) is 11.3. The van der Waals surface area contributed by atoms with Crippen LogP contribution in [0.1, 0.15) is 0 Å². The third-order valence-corrected chi connectivity index (χ3v) is 6.98. The van der Waals surface area contributed by atoms with Gasteiger partial charge in [0.15, 0.2) is 0 Å². The fourth-order valence-corrected chi connectivity index (χ4v) is 4.03. The van der Waals surface area contributed by atoms with E-state index in [9.17, 15) is 0 Å². The van der Waals surface area contributed by atoms with Crippen molar-refractivity contribution < 1.29 is 0 Å². The molecule has 0 unspecified atom stereocenters. The molecule has 1 aliphatic rings. The summed E-state index contributed by atoms with van der Waals surface area (Å²) in [5.41, 5.74) is 0. The number of hydrogen-bond donors (Lipinski definition) is 0. The van der Waals surface area contributed by atoms with Gasteiger partial charge in [0.25, 0.3) is 0 Å². The molecule has 0 spiro atoms. The van der Waals surface area contributed by atoms with Gasteiger partial charge in [-0.3, -0.25) is 0 Å². The van der Waals surface area contributed by atoms with Gasteiger partial charge in [-0.2, -0.15) is 0 Å². The zero-order valence-corrected chi connectivity index (χ0v) is 8.62. The third kappa shape index (κ3) is 1.87. The molecular formula is C7H11ClGe. The van der Waals surface area contributed by atoms with Gasteiger partial charge in [-0.1, -0.05) is 0 Å². The van der Waals surface area contributed by atoms with E-state index >= 15 is 0 Å². The quantitative estimate of drug-likeness (QED) is 0.575. The minimum absolute atomic E-state index is 0.603. The second kappa shape index (κ2) is 2.51. The van der Waals surface area contributed by atoms with Crippen LogP contribution in [0.15, 0.2) is 24.3 Å². The number of halogens is 1. The Morgan fingerprint density at radius 1 is 1.22 bits per heavy atom. The van der Waals surface area contributed by atoms with E-state index in [0.29, 0.717) is 4.75 Å². The topological polar surface area (TPSA) is 0 Å². The van der Waals surface area contributed by atoms with Gasteiger partial charge in [0, 0.05) is 0 Å². The van der Waals surface area contributed by atoms with Gasteiger partial charge in [-0.25, -0.2) is 0 Å². The number of allylic oxidation sites excluding steroid dienone is 4. The number of hydrogen-bond acceptors (Lipinski definition) is 0. The summed E-state index contributed by atoms with van der Waals surface area (Å²) in [7, 11) is 6.22. The molecular weight excluding hydrogens is 192 g/mol. The van der Waals surface area contributed by atoms with Crippen LogP contribution in [0.5, 0.6) is 0 Å². The molecule has 2 heteroatoms. The van der Waals surface area contributed by atoms with E-state index in [-0.39, 0.29) is 0 Å². The van der Waals surface area contributed by atoms with Gasteiger partial charge in [-0.05, 0) is 0 Å². The summed E-state index contributed by atoms with van der Waals surface area (Å²) < 4.78 is 0.603. The molecule has 1 aliphatic carbocycles. The maximum atomic E-state index is 6.22. The van der Waals surface area contributed by atoms with Crippen LogP contribution in [0, 0.1) is 0 Å². The molecule has 50 valence electrons. The maximum absolute atomic E-state index is 6.22. The van der Waals surface area contributed by atoms with Crippen LogP contribution in [0.3, 0.4) is 0 Å². The fourth-order valence-electron chi connectivity index (χ4n) is 0.890. The first kappa shape index (κ1) is 7.42. The molecule has 0 aromatic rings. The van der Waals surface area contributed by atoms with Crippen LogP contribution < -0.4 is 0 Å². The van der Waals surface area contributed by atoms with E-state index in [2.05, 4.69) is 35.8 Å². The Morgan fingerprint density at radius 3 is 1.89 bits per heavy atom. The van der Waals surface area contributed by atoms with Crippen LogP contribution in [0.25, 0.3) is 0 Å². The van der Waals surface area contributed by atoms with E-state index in [1.165, 1.54) is 0 Å². The van der Waals surface area contributed by atoms with Crippen molar-refractivity contribution in [3.05, 3.63) is 24.3 Å². The molecule has 9 heavy (non-hydrogen) atoms. The SMILES string of the molecule is [CH3][Ge]([CH3])([Cl])[CH]1C=CC=C1. The minimum atomic E-state index is -1.88. The molecule has 1 rings (SSSR count). The summed E-state index contributed by atoms with van der Waals surface area (Å²) in [6, 6.07) is 0. The molecule has 0 amide bonds. The average molecular weight is 203 g/mol. The summed E-state index contributed by atoms with van der Waals surface area (Å²) in [6.45, 7) is 0. The Hall–Kier alpha value is 0.313. The second-order valence-corrected chi connectivity index (χ2v) is 15.9. The number of rotatable bonds is 1. The summed E-state index contributed by atoms with van der Waals surface area (Å²) in [5, 5.41) is 0. The van der Waals surface area contributed by atoms with Gasteiger partial charge in [0.05, 0.1) is 0 Å². The van der Waals surface area contributed by atoms with Crippen LogP contribution in [0.4, 0.5) is 0 Å². The molecule has 0 atom stereocenters. The zero-order chi connectivity index (χ0) is 6.91. The first-order valence-electron chi connectivity index (χ1n) is 3.14. The van der Waals surface area contributed by atoms with Crippen molar-refractivity contribution in [1.82, 2.24) is 0 Å². The third-order valence-electron chi connectivity index (χ3n) is 1.54. The predicted molar refractivity (Wildman–Crippen MR) is 45.4 cm³/mol. The van der Waals surface area contributed by atoms with E-state index in [1.54, 1.807) is 0 Å². The summed E-state index contributed by atoms with van der Waals surface area (Å²) in [5.74, 6) is 4.43. The van der Waals surface area contributed by atoms with E-state index < -0.39 is 12.3 Å². The summed E-state index contributed by atoms with van der Waals surface area (Å²) in [6.07, 6.45) is 8.57. The Bertz CT molecular complexity index is 141. The Labute approximate surface area is 63.1 Å². The summed E-state index contributed by atoms with van der Waals surface area (Å²) in [4.78, 5) is 0. The summed E-state index contributed by atoms with van der Waals surface area (Å²) >= 11 is -1.88. The van der Waals surface area contributed by atoms with Gasteiger partial charge >= 0.3 is 62.9 Å². The molecule has 0 saturated carbocycles. The van der Waals surface area contributed by atoms with Gasteiger partial charge in [0.1, 0.15) is 0 Å². The fraction of sp³-hybridized carbons (Fsp3) is 0.429.